The fraction of sp³-hybridized carbons (Fsp3) is 0.200. The Hall–Kier alpha value is -4.82. The van der Waals surface area contributed by atoms with Crippen LogP contribution in [-0.2, 0) is 29.7 Å². The van der Waals surface area contributed by atoms with Gasteiger partial charge in [-0.2, -0.15) is 29.9 Å². The molecule has 2 aromatic heterocycles. The molecule has 2 aliphatic heterocycles. The number of nitrogens with one attached hydrogen (secondary N) is 4. The summed E-state index contributed by atoms with van der Waals surface area (Å²) in [6.45, 7) is 3.97. The van der Waals surface area contributed by atoms with Crippen molar-refractivity contribution in [2.45, 2.75) is 9.79 Å². The summed E-state index contributed by atoms with van der Waals surface area (Å²) in [5.41, 5.74) is 1.70. The van der Waals surface area contributed by atoms with Crippen LogP contribution in [0.25, 0.3) is 12.2 Å². The summed E-state index contributed by atoms with van der Waals surface area (Å²) in [6.07, 6.45) is 2.70. The van der Waals surface area contributed by atoms with Gasteiger partial charge in [-0.3, -0.25) is 0 Å². The summed E-state index contributed by atoms with van der Waals surface area (Å²) in [4.78, 5) is 28.4. The summed E-state index contributed by atoms with van der Waals surface area (Å²) in [5, 5.41) is 12.1. The molecule has 6 aromatic rings. The van der Waals surface area contributed by atoms with Gasteiger partial charge in [0.2, 0.25) is 35.7 Å². The van der Waals surface area contributed by atoms with Gasteiger partial charge in [0.15, 0.2) is 0 Å². The van der Waals surface area contributed by atoms with Crippen molar-refractivity contribution in [3.05, 3.63) is 108 Å². The van der Waals surface area contributed by atoms with Gasteiger partial charge in [-0.05, 0) is 53.6 Å². The van der Waals surface area contributed by atoms with Crippen molar-refractivity contribution in [2.75, 3.05) is 83.7 Å². The Morgan fingerprint density at radius 2 is 0.891 bits per heavy atom. The smallest absolute Gasteiger partial charge is 0.744 e. The van der Waals surface area contributed by atoms with Crippen molar-refractivity contribution in [1.29, 1.82) is 0 Å². The molecule has 320 valence electrons. The molecule has 4 heterocycles. The third kappa shape index (κ3) is 12.7. The Morgan fingerprint density at radius 3 is 1.31 bits per heavy atom. The van der Waals surface area contributed by atoms with Crippen molar-refractivity contribution in [1.82, 2.24) is 29.9 Å². The first-order chi connectivity index (χ1) is 29.9. The second-order valence-corrected chi connectivity index (χ2v) is 16.4. The van der Waals surface area contributed by atoms with Gasteiger partial charge in [0.1, 0.15) is 20.2 Å². The van der Waals surface area contributed by atoms with Crippen molar-refractivity contribution in [3.8, 4) is 0 Å². The van der Waals surface area contributed by atoms with Gasteiger partial charge < -0.3 is 49.6 Å². The number of aromatic nitrogens is 6. The average molecular weight is 925 g/mol. The SMILES string of the molecule is O=S(=O)([O-])c1c(C=Cc2ccc(Nc3nc(Nc4ccccc4)nc(N4CCOCC4)n3)cc2)ccc(Nc2nc(Nc3ccccc3)nc(N3CCOCC3)n2)c1S(=O)(=O)[O-].[Na+].[Na+]. The first kappa shape index (κ1) is 48.6. The molecule has 0 saturated carbocycles. The van der Waals surface area contributed by atoms with Gasteiger partial charge in [0.25, 0.3) is 0 Å². The van der Waals surface area contributed by atoms with E-state index < -0.39 is 35.7 Å². The van der Waals surface area contributed by atoms with Crippen LogP contribution < -0.4 is 90.2 Å². The van der Waals surface area contributed by atoms with E-state index in [1.165, 1.54) is 18.2 Å². The summed E-state index contributed by atoms with van der Waals surface area (Å²) in [6, 6.07) is 27.6. The maximum atomic E-state index is 12.8. The monoisotopic (exact) mass is 924 g/mol. The van der Waals surface area contributed by atoms with Crippen LogP contribution in [0.1, 0.15) is 11.1 Å². The first-order valence-electron chi connectivity index (χ1n) is 19.2. The van der Waals surface area contributed by atoms with E-state index in [0.29, 0.717) is 81.4 Å². The van der Waals surface area contributed by atoms with E-state index in [1.54, 1.807) is 48.5 Å². The van der Waals surface area contributed by atoms with Crippen LogP contribution in [0.15, 0.2) is 107 Å². The van der Waals surface area contributed by atoms with E-state index >= 15 is 0 Å². The number of anilines is 10. The molecule has 0 atom stereocenters. The summed E-state index contributed by atoms with van der Waals surface area (Å²) in [5.74, 6) is 1.10. The van der Waals surface area contributed by atoms with E-state index in [4.69, 9.17) is 9.47 Å². The maximum Gasteiger partial charge on any atom is 1.00 e. The minimum Gasteiger partial charge on any atom is -0.744 e. The summed E-state index contributed by atoms with van der Waals surface area (Å²) < 4.78 is 87.8. The molecule has 0 aliphatic carbocycles. The number of benzene rings is 4. The molecule has 64 heavy (non-hydrogen) atoms. The van der Waals surface area contributed by atoms with Gasteiger partial charge in [0, 0.05) is 43.2 Å². The molecule has 20 nitrogen and oxygen atoms in total. The molecule has 2 fully saturated rings. The van der Waals surface area contributed by atoms with E-state index in [-0.39, 0.29) is 88.5 Å². The maximum absolute atomic E-state index is 12.8. The second-order valence-electron chi connectivity index (χ2n) is 13.7. The number of nitrogens with zero attached hydrogens (tertiary/aromatic N) is 8. The molecule has 0 spiro atoms. The minimum atomic E-state index is -5.61. The first-order valence-corrected chi connectivity index (χ1v) is 22.0. The van der Waals surface area contributed by atoms with Crippen LogP contribution in [0.2, 0.25) is 0 Å². The number of ether oxygens (including phenoxy) is 2. The van der Waals surface area contributed by atoms with Crippen LogP contribution in [0.5, 0.6) is 0 Å². The fourth-order valence-corrected chi connectivity index (χ4v) is 8.60. The zero-order valence-corrected chi connectivity index (χ0v) is 40.3. The average Bonchev–Trinajstić information content (AvgIpc) is 3.27. The Morgan fingerprint density at radius 1 is 0.484 bits per heavy atom. The largest absolute Gasteiger partial charge is 1.00 e. The molecule has 4 aromatic carbocycles. The Kier molecular flexibility index (Phi) is 16.6. The third-order valence-corrected chi connectivity index (χ3v) is 11.4. The van der Waals surface area contributed by atoms with Crippen molar-refractivity contribution >= 4 is 90.8 Å². The van der Waals surface area contributed by atoms with Crippen molar-refractivity contribution in [3.63, 3.8) is 0 Å². The Bertz CT molecular complexity index is 2790. The molecule has 0 unspecified atom stereocenters. The quantitative estimate of drug-likeness (QED) is 0.0561. The normalized spacial score (nSPS) is 14.3. The summed E-state index contributed by atoms with van der Waals surface area (Å²) in [7, 11) is -11.2. The molecule has 4 N–H and O–H groups in total. The molecule has 2 aliphatic rings. The predicted octanol–water partition coefficient (Wildman–Crippen LogP) is -1.31. The van der Waals surface area contributed by atoms with E-state index in [0.717, 1.165) is 11.8 Å². The van der Waals surface area contributed by atoms with E-state index in [9.17, 15) is 25.9 Å². The third-order valence-electron chi connectivity index (χ3n) is 9.41. The van der Waals surface area contributed by atoms with Crippen molar-refractivity contribution < 1.29 is 94.5 Å². The van der Waals surface area contributed by atoms with Crippen molar-refractivity contribution in [2.24, 2.45) is 0 Å². The number of hydrogen-bond acceptors (Lipinski definition) is 20. The van der Waals surface area contributed by atoms with Gasteiger partial charge in [-0.25, -0.2) is 16.8 Å². The number of hydrogen-bond donors (Lipinski definition) is 4. The number of para-hydroxylation sites is 2. The molecular formula is C40H38N12Na2O8S2. The van der Waals surface area contributed by atoms with Crippen LogP contribution >= 0.6 is 0 Å². The molecule has 0 radical (unpaired) electrons. The molecule has 8 rings (SSSR count). The fourth-order valence-electron chi connectivity index (χ4n) is 6.49. The molecule has 24 heteroatoms. The Labute approximate surface area is 413 Å². The molecule has 0 bridgehead atoms. The zero-order chi connectivity index (χ0) is 43.1. The van der Waals surface area contributed by atoms with Crippen LogP contribution in [0, 0.1) is 0 Å². The standard InChI is InChI=1S/C40H40N12O8S2.2Na/c53-61(54,55)33-28(14-11-27-12-16-31(17-13-27)43-37-45-35(41-29-7-3-1-4-8-29)47-39(49-37)51-19-23-59-24-20-51)15-18-32(34(33)62(56,57)58)44-38-46-36(42-30-9-5-2-6-10-30)48-40(50-38)52-21-25-60-26-22-52;;/h1-18H,19-26H2,(H,53,54,55)(H,56,57,58)(H2,41,43,45,47,49)(H2,42,44,46,48,50);;/q;2*+1/p-2. The molecule has 2 saturated heterocycles. The zero-order valence-electron chi connectivity index (χ0n) is 34.7. The van der Waals surface area contributed by atoms with Crippen LogP contribution in [-0.4, -0.2) is 108 Å². The van der Waals surface area contributed by atoms with Gasteiger partial charge in [-0.15, -0.1) is 0 Å². The van der Waals surface area contributed by atoms with E-state index in [1.807, 2.05) is 46.2 Å². The molecular weight excluding hydrogens is 887 g/mol. The topological polar surface area (TPSA) is 265 Å². The number of rotatable bonds is 14. The molecule has 0 amide bonds. The number of morpholine rings is 2. The minimum absolute atomic E-state index is 0. The summed E-state index contributed by atoms with van der Waals surface area (Å²) >= 11 is 0. The van der Waals surface area contributed by atoms with Crippen LogP contribution in [0.4, 0.5) is 58.4 Å². The predicted molar refractivity (Wildman–Crippen MR) is 229 cm³/mol. The second kappa shape index (κ2) is 21.9. The van der Waals surface area contributed by atoms with Gasteiger partial charge >= 0.3 is 59.1 Å². The van der Waals surface area contributed by atoms with Gasteiger partial charge in [0.05, 0.1) is 41.9 Å². The Balaban J connectivity index is 0.00000340. The van der Waals surface area contributed by atoms with Gasteiger partial charge in [-0.1, -0.05) is 66.7 Å². The van der Waals surface area contributed by atoms with E-state index in [2.05, 4.69) is 51.2 Å². The van der Waals surface area contributed by atoms with Crippen LogP contribution in [0.3, 0.4) is 0 Å².